The van der Waals surface area contributed by atoms with Crippen LogP contribution in [-0.4, -0.2) is 6.04 Å². The summed E-state index contributed by atoms with van der Waals surface area (Å²) in [5, 5.41) is 0. The largest absolute Gasteiger partial charge is 0.271 e. The van der Waals surface area contributed by atoms with Gasteiger partial charge in [0.15, 0.2) is 0 Å². The van der Waals surface area contributed by atoms with E-state index in [1.54, 1.807) is 0 Å². The number of hydrazine groups is 1. The minimum atomic E-state index is 0.446. The summed E-state index contributed by atoms with van der Waals surface area (Å²) in [6.45, 7) is 9.62. The van der Waals surface area contributed by atoms with Gasteiger partial charge >= 0.3 is 0 Å². The number of hydrogen-bond donors (Lipinski definition) is 2. The second-order valence-corrected chi connectivity index (χ2v) is 8.36. The number of hydrogen-bond acceptors (Lipinski definition) is 2. The molecule has 0 aliphatic heterocycles. The van der Waals surface area contributed by atoms with E-state index in [1.807, 2.05) is 0 Å². The van der Waals surface area contributed by atoms with E-state index in [1.165, 1.54) is 32.1 Å². The molecule has 0 heterocycles. The average Bonchev–Trinajstić information content (AvgIpc) is 2.76. The molecule has 0 saturated heterocycles. The topological polar surface area (TPSA) is 38.0 Å². The van der Waals surface area contributed by atoms with Crippen LogP contribution in [0.5, 0.6) is 0 Å². The van der Waals surface area contributed by atoms with Gasteiger partial charge in [-0.2, -0.15) is 0 Å². The second kappa shape index (κ2) is 3.96. The Morgan fingerprint density at radius 2 is 1.78 bits per heavy atom. The monoisotopic (exact) mass is 250 g/mol. The van der Waals surface area contributed by atoms with Crippen molar-refractivity contribution < 1.29 is 0 Å². The third-order valence-corrected chi connectivity index (χ3v) is 7.19. The predicted molar refractivity (Wildman–Crippen MR) is 75.7 cm³/mol. The normalized spacial score (nSPS) is 42.2. The molecular weight excluding hydrogens is 220 g/mol. The summed E-state index contributed by atoms with van der Waals surface area (Å²) in [5.74, 6) is 9.66. The minimum Gasteiger partial charge on any atom is -0.271 e. The van der Waals surface area contributed by atoms with Gasteiger partial charge < -0.3 is 0 Å². The lowest BCUT2D eigenvalue weighted by atomic mass is 9.82. The summed E-state index contributed by atoms with van der Waals surface area (Å²) in [6, 6.07) is 0.527. The van der Waals surface area contributed by atoms with Gasteiger partial charge in [-0.05, 0) is 60.2 Å². The number of fused-ring (bicyclic) bond motifs is 2. The predicted octanol–water partition coefficient (Wildman–Crippen LogP) is 3.33. The summed E-state index contributed by atoms with van der Waals surface area (Å²) in [4.78, 5) is 0. The van der Waals surface area contributed by atoms with Gasteiger partial charge in [-0.3, -0.25) is 11.3 Å². The number of rotatable bonds is 4. The van der Waals surface area contributed by atoms with Crippen LogP contribution in [0.3, 0.4) is 0 Å². The highest BCUT2D eigenvalue weighted by Crippen LogP contribution is 2.70. The molecule has 3 fully saturated rings. The summed E-state index contributed by atoms with van der Waals surface area (Å²) in [7, 11) is 0. The molecule has 0 aromatic rings. The molecule has 0 spiro atoms. The van der Waals surface area contributed by atoms with E-state index in [4.69, 9.17) is 5.84 Å². The molecule has 2 nitrogen and oxygen atoms in total. The molecule has 4 atom stereocenters. The zero-order chi connectivity index (χ0) is 13.1. The molecule has 3 rings (SSSR count). The van der Waals surface area contributed by atoms with Crippen LogP contribution in [-0.2, 0) is 0 Å². The molecule has 104 valence electrons. The van der Waals surface area contributed by atoms with Gasteiger partial charge in [-0.15, -0.1) is 0 Å². The van der Waals surface area contributed by atoms with Crippen LogP contribution < -0.4 is 11.3 Å². The number of nitrogens with two attached hydrogens (primary N) is 1. The van der Waals surface area contributed by atoms with Gasteiger partial charge in [-0.25, -0.2) is 0 Å². The molecule has 0 aromatic heterocycles. The van der Waals surface area contributed by atoms with Crippen molar-refractivity contribution in [3.63, 3.8) is 0 Å². The first-order chi connectivity index (χ1) is 8.38. The molecule has 0 amide bonds. The van der Waals surface area contributed by atoms with E-state index < -0.39 is 0 Å². The molecule has 2 bridgehead atoms. The SMILES string of the molecule is CC1(C)C(C(CC2CC3CCC2C3)NN)C1(C)C. The van der Waals surface area contributed by atoms with Crippen molar-refractivity contribution in [2.75, 3.05) is 0 Å². The molecule has 0 aromatic carbocycles. The maximum atomic E-state index is 5.88. The fourth-order valence-corrected chi connectivity index (χ4v) is 5.55. The van der Waals surface area contributed by atoms with Gasteiger partial charge in [-0.1, -0.05) is 34.1 Å². The fourth-order valence-electron chi connectivity index (χ4n) is 5.55. The molecule has 4 unspecified atom stereocenters. The Morgan fingerprint density at radius 1 is 1.11 bits per heavy atom. The Hall–Kier alpha value is -0.0800. The quantitative estimate of drug-likeness (QED) is 0.593. The smallest absolute Gasteiger partial charge is 0.0252 e. The third kappa shape index (κ3) is 1.68. The molecule has 3 N–H and O–H groups in total. The lowest BCUT2D eigenvalue weighted by Crippen LogP contribution is -2.40. The van der Waals surface area contributed by atoms with E-state index in [-0.39, 0.29) is 0 Å². The van der Waals surface area contributed by atoms with Crippen LogP contribution in [0, 0.1) is 34.5 Å². The van der Waals surface area contributed by atoms with Crippen molar-refractivity contribution in [1.82, 2.24) is 5.43 Å². The first-order valence-corrected chi connectivity index (χ1v) is 7.84. The van der Waals surface area contributed by atoms with Crippen molar-refractivity contribution in [3.8, 4) is 0 Å². The Balaban J connectivity index is 1.65. The maximum absolute atomic E-state index is 5.88. The zero-order valence-electron chi connectivity index (χ0n) is 12.5. The van der Waals surface area contributed by atoms with E-state index in [0.29, 0.717) is 16.9 Å². The molecule has 3 saturated carbocycles. The van der Waals surface area contributed by atoms with Crippen LogP contribution in [0.25, 0.3) is 0 Å². The Morgan fingerprint density at radius 3 is 2.17 bits per heavy atom. The van der Waals surface area contributed by atoms with Crippen molar-refractivity contribution >= 4 is 0 Å². The molecule has 3 aliphatic rings. The summed E-state index contributed by atoms with van der Waals surface area (Å²) < 4.78 is 0. The average molecular weight is 250 g/mol. The van der Waals surface area contributed by atoms with Gasteiger partial charge in [0.2, 0.25) is 0 Å². The zero-order valence-corrected chi connectivity index (χ0v) is 12.5. The standard InChI is InChI=1S/C16H30N2/c1-15(2)14(16(15,3)4)13(18-17)9-12-8-10-5-6-11(12)7-10/h10-14,18H,5-9,17H2,1-4H3. The van der Waals surface area contributed by atoms with Gasteiger partial charge in [0, 0.05) is 6.04 Å². The van der Waals surface area contributed by atoms with Crippen molar-refractivity contribution in [2.24, 2.45) is 40.3 Å². The Labute approximate surface area is 112 Å². The first kappa shape index (κ1) is 12.9. The van der Waals surface area contributed by atoms with Crippen molar-refractivity contribution in [1.29, 1.82) is 0 Å². The van der Waals surface area contributed by atoms with E-state index >= 15 is 0 Å². The van der Waals surface area contributed by atoms with Gasteiger partial charge in [0.05, 0.1) is 0 Å². The summed E-state index contributed by atoms with van der Waals surface area (Å²) in [5.41, 5.74) is 4.05. The second-order valence-electron chi connectivity index (χ2n) is 8.36. The molecule has 0 radical (unpaired) electrons. The van der Waals surface area contributed by atoms with Crippen molar-refractivity contribution in [3.05, 3.63) is 0 Å². The Bertz CT molecular complexity index is 320. The fraction of sp³-hybridized carbons (Fsp3) is 1.00. The Kier molecular flexibility index (Phi) is 2.84. The van der Waals surface area contributed by atoms with Crippen LogP contribution in [0.15, 0.2) is 0 Å². The van der Waals surface area contributed by atoms with E-state index in [2.05, 4.69) is 33.1 Å². The van der Waals surface area contributed by atoms with Crippen LogP contribution in [0.2, 0.25) is 0 Å². The molecular formula is C16H30N2. The van der Waals surface area contributed by atoms with Gasteiger partial charge in [0.1, 0.15) is 0 Å². The van der Waals surface area contributed by atoms with E-state index in [9.17, 15) is 0 Å². The maximum Gasteiger partial charge on any atom is 0.0252 e. The molecule has 18 heavy (non-hydrogen) atoms. The van der Waals surface area contributed by atoms with E-state index in [0.717, 1.165) is 23.7 Å². The van der Waals surface area contributed by atoms with Crippen LogP contribution in [0.1, 0.15) is 59.8 Å². The van der Waals surface area contributed by atoms with Crippen molar-refractivity contribution in [2.45, 2.75) is 65.8 Å². The lowest BCUT2D eigenvalue weighted by Gasteiger charge is -2.27. The lowest BCUT2D eigenvalue weighted by molar-refractivity contribution is 0.252. The molecule has 2 heteroatoms. The summed E-state index contributed by atoms with van der Waals surface area (Å²) >= 11 is 0. The number of nitrogens with one attached hydrogen (secondary N) is 1. The van der Waals surface area contributed by atoms with Gasteiger partial charge in [0.25, 0.3) is 0 Å². The third-order valence-electron chi connectivity index (χ3n) is 7.19. The summed E-state index contributed by atoms with van der Waals surface area (Å²) in [6.07, 6.45) is 7.30. The highest BCUT2D eigenvalue weighted by atomic mass is 15.2. The van der Waals surface area contributed by atoms with Crippen LogP contribution >= 0.6 is 0 Å². The highest BCUT2D eigenvalue weighted by molar-refractivity contribution is 5.16. The highest BCUT2D eigenvalue weighted by Gasteiger charge is 2.67. The first-order valence-electron chi connectivity index (χ1n) is 7.84. The molecule has 3 aliphatic carbocycles. The minimum absolute atomic E-state index is 0.446. The van der Waals surface area contributed by atoms with Crippen LogP contribution in [0.4, 0.5) is 0 Å².